The van der Waals surface area contributed by atoms with Gasteiger partial charge in [0.15, 0.2) is 6.20 Å². The number of benzene rings is 2. The van der Waals surface area contributed by atoms with E-state index in [0.717, 1.165) is 12.1 Å². The van der Waals surface area contributed by atoms with Gasteiger partial charge in [0, 0.05) is 24.9 Å². The van der Waals surface area contributed by atoms with E-state index in [1.54, 1.807) is 0 Å². The molecule has 3 amide bonds. The number of rotatable bonds is 5. The topological polar surface area (TPSA) is 93.6 Å². The van der Waals surface area contributed by atoms with Crippen LogP contribution < -0.4 is 25.7 Å². The third kappa shape index (κ3) is 6.10. The van der Waals surface area contributed by atoms with E-state index in [1.165, 1.54) is 43.6 Å². The van der Waals surface area contributed by atoms with Crippen LogP contribution in [0, 0.1) is 5.82 Å². The lowest BCUT2D eigenvalue weighted by atomic mass is 10.2. The zero-order valence-corrected chi connectivity index (χ0v) is 17.6. The molecule has 172 valence electrons. The molecule has 33 heavy (non-hydrogen) atoms. The highest BCUT2D eigenvalue weighted by atomic mass is 35.5. The van der Waals surface area contributed by atoms with Crippen LogP contribution in [-0.4, -0.2) is 19.0 Å². The quantitative estimate of drug-likeness (QED) is 0.440. The van der Waals surface area contributed by atoms with E-state index in [4.69, 9.17) is 16.3 Å². The number of aromatic nitrogens is 1. The maximum absolute atomic E-state index is 14.4. The summed E-state index contributed by atoms with van der Waals surface area (Å²) in [4.78, 5) is 26.5. The summed E-state index contributed by atoms with van der Waals surface area (Å²) in [7, 11) is 1.46. The average Bonchev–Trinajstić information content (AvgIpc) is 2.76. The minimum absolute atomic E-state index is 0.0834. The van der Waals surface area contributed by atoms with Gasteiger partial charge >= 0.3 is 18.1 Å². The minimum atomic E-state index is -4.70. The van der Waals surface area contributed by atoms with Gasteiger partial charge in [0.1, 0.15) is 17.3 Å². The van der Waals surface area contributed by atoms with Crippen molar-refractivity contribution in [1.82, 2.24) is 5.32 Å². The number of carbonyl (C=O) groups excluding carboxylic acids is 2. The van der Waals surface area contributed by atoms with Crippen LogP contribution in [0.5, 0.6) is 11.5 Å². The highest BCUT2D eigenvalue weighted by Crippen LogP contribution is 2.36. The van der Waals surface area contributed by atoms with Crippen molar-refractivity contribution in [2.45, 2.75) is 6.18 Å². The summed E-state index contributed by atoms with van der Waals surface area (Å²) >= 11 is 5.54. The molecule has 1 aromatic heterocycles. The van der Waals surface area contributed by atoms with E-state index in [1.807, 2.05) is 0 Å². The fraction of sp³-hybridized carbons (Fsp3) is 0.0952. The van der Waals surface area contributed by atoms with Crippen LogP contribution >= 0.6 is 11.6 Å². The van der Waals surface area contributed by atoms with E-state index in [0.29, 0.717) is 6.07 Å². The van der Waals surface area contributed by atoms with Gasteiger partial charge in [-0.3, -0.25) is 4.79 Å². The molecule has 0 atom stereocenters. The van der Waals surface area contributed by atoms with Crippen molar-refractivity contribution in [2.24, 2.45) is 0 Å². The van der Waals surface area contributed by atoms with Crippen LogP contribution in [-0.2, 0) is 6.18 Å². The monoisotopic (exact) mass is 483 g/mol. The first kappa shape index (κ1) is 23.8. The van der Waals surface area contributed by atoms with Crippen LogP contribution in [0.4, 0.5) is 33.7 Å². The summed E-state index contributed by atoms with van der Waals surface area (Å²) in [5.74, 6) is -0.891. The van der Waals surface area contributed by atoms with E-state index in [9.17, 15) is 27.2 Å². The molecule has 0 saturated carbocycles. The normalized spacial score (nSPS) is 11.0. The van der Waals surface area contributed by atoms with Gasteiger partial charge in [0.2, 0.25) is 0 Å². The average molecular weight is 484 g/mol. The first-order valence-corrected chi connectivity index (χ1v) is 9.60. The lowest BCUT2D eigenvalue weighted by Crippen LogP contribution is -2.26. The van der Waals surface area contributed by atoms with Crippen molar-refractivity contribution in [3.63, 3.8) is 0 Å². The number of hydrogen-bond acceptors (Lipinski definition) is 3. The van der Waals surface area contributed by atoms with E-state index >= 15 is 0 Å². The van der Waals surface area contributed by atoms with Crippen molar-refractivity contribution in [3.05, 3.63) is 76.8 Å². The molecule has 0 bridgehead atoms. The van der Waals surface area contributed by atoms with Crippen LogP contribution in [0.3, 0.4) is 0 Å². The molecule has 0 aliphatic heterocycles. The van der Waals surface area contributed by atoms with Gasteiger partial charge in [-0.05, 0) is 30.3 Å². The number of alkyl halides is 3. The van der Waals surface area contributed by atoms with Crippen molar-refractivity contribution in [2.75, 3.05) is 17.7 Å². The van der Waals surface area contributed by atoms with Crippen LogP contribution in [0.25, 0.3) is 0 Å². The molecule has 0 aliphatic rings. The van der Waals surface area contributed by atoms with Crippen molar-refractivity contribution in [3.8, 4) is 11.5 Å². The van der Waals surface area contributed by atoms with Crippen LogP contribution in [0.2, 0.25) is 5.02 Å². The number of H-pyrrole nitrogens is 1. The predicted octanol–water partition coefficient (Wildman–Crippen LogP) is 5.11. The van der Waals surface area contributed by atoms with Gasteiger partial charge in [-0.2, -0.15) is 13.2 Å². The molecular formula is C21H16ClF4N4O3+. The molecule has 7 nitrogen and oxygen atoms in total. The molecule has 2 aromatic carbocycles. The first-order valence-electron chi connectivity index (χ1n) is 9.23. The number of ether oxygens (including phenoxy) is 1. The number of aromatic amines is 1. The third-order valence-electron chi connectivity index (χ3n) is 4.20. The smallest absolute Gasteiger partial charge is 0.417 e. The summed E-state index contributed by atoms with van der Waals surface area (Å²) in [5.41, 5.74) is -1.32. The van der Waals surface area contributed by atoms with Gasteiger partial charge in [-0.25, -0.2) is 14.2 Å². The second-order valence-corrected chi connectivity index (χ2v) is 6.94. The second-order valence-electron chi connectivity index (χ2n) is 6.53. The number of nitrogens with one attached hydrogen (secondary N) is 4. The zero-order valence-electron chi connectivity index (χ0n) is 16.8. The minimum Gasteiger partial charge on any atom is -0.457 e. The third-order valence-corrected chi connectivity index (χ3v) is 4.53. The molecule has 12 heteroatoms. The Morgan fingerprint density at radius 2 is 1.73 bits per heavy atom. The van der Waals surface area contributed by atoms with Crippen LogP contribution in [0.1, 0.15) is 16.1 Å². The Bertz CT molecular complexity index is 1200. The fourth-order valence-corrected chi connectivity index (χ4v) is 2.90. The Morgan fingerprint density at radius 1 is 1.00 bits per heavy atom. The van der Waals surface area contributed by atoms with Gasteiger partial charge in [0.25, 0.3) is 5.69 Å². The number of halogens is 5. The van der Waals surface area contributed by atoms with Crippen molar-refractivity contribution in [1.29, 1.82) is 0 Å². The Balaban J connectivity index is 1.68. The van der Waals surface area contributed by atoms with Crippen molar-refractivity contribution < 1.29 is 36.9 Å². The standard InChI is InChI=1S/C21H15ClF4N4O3/c1-27-19(31)18-10-13(6-7-28-18)33-12-3-5-17(16(23)9-12)30-20(32)29-11-2-4-15(22)14(8-11)21(24,25)26/h2-10H,1H3,(H,27,31)(H2,29,30,32)/p+1. The Labute approximate surface area is 189 Å². The highest BCUT2D eigenvalue weighted by Gasteiger charge is 2.33. The Morgan fingerprint density at radius 3 is 2.39 bits per heavy atom. The molecule has 0 aliphatic carbocycles. The lowest BCUT2D eigenvalue weighted by Gasteiger charge is -2.13. The molecule has 4 N–H and O–H groups in total. The van der Waals surface area contributed by atoms with Gasteiger partial charge in [-0.1, -0.05) is 11.6 Å². The van der Waals surface area contributed by atoms with Gasteiger partial charge in [0.05, 0.1) is 22.3 Å². The molecule has 0 radical (unpaired) electrons. The number of amides is 3. The van der Waals surface area contributed by atoms with E-state index in [-0.39, 0.29) is 34.5 Å². The zero-order chi connectivity index (χ0) is 24.2. The highest BCUT2D eigenvalue weighted by molar-refractivity contribution is 6.31. The Kier molecular flexibility index (Phi) is 7.02. The first-order chi connectivity index (χ1) is 15.6. The maximum Gasteiger partial charge on any atom is 0.417 e. The molecule has 0 spiro atoms. The SMILES string of the molecule is CNC(=O)c1cc(Oc2ccc(NC(=O)Nc3ccc(Cl)c(C(F)(F)F)c3)c(F)c2)cc[nH+]1. The van der Waals surface area contributed by atoms with Crippen molar-refractivity contribution >= 4 is 34.9 Å². The van der Waals surface area contributed by atoms with Gasteiger partial charge < -0.3 is 20.7 Å². The number of pyridine rings is 1. The molecular weight excluding hydrogens is 468 g/mol. The molecule has 3 aromatic rings. The molecule has 0 fully saturated rings. The Hall–Kier alpha value is -3.86. The largest absolute Gasteiger partial charge is 0.457 e. The second kappa shape index (κ2) is 9.74. The fourth-order valence-electron chi connectivity index (χ4n) is 2.68. The molecule has 1 heterocycles. The lowest BCUT2D eigenvalue weighted by molar-refractivity contribution is -0.382. The molecule has 0 saturated heterocycles. The van der Waals surface area contributed by atoms with Crippen LogP contribution in [0.15, 0.2) is 54.7 Å². The number of anilines is 2. The molecule has 0 unspecified atom stereocenters. The number of hydrogen-bond donors (Lipinski definition) is 3. The summed E-state index contributed by atoms with van der Waals surface area (Å²) in [5, 5.41) is 6.31. The predicted molar refractivity (Wildman–Crippen MR) is 112 cm³/mol. The number of carbonyl (C=O) groups is 2. The summed E-state index contributed by atoms with van der Waals surface area (Å²) in [6.45, 7) is 0. The summed E-state index contributed by atoms with van der Waals surface area (Å²) in [6, 6.07) is 8.37. The summed E-state index contributed by atoms with van der Waals surface area (Å²) in [6.07, 6.45) is -3.23. The van der Waals surface area contributed by atoms with E-state index in [2.05, 4.69) is 20.9 Å². The van der Waals surface area contributed by atoms with Gasteiger partial charge in [-0.15, -0.1) is 0 Å². The molecule has 3 rings (SSSR count). The summed E-state index contributed by atoms with van der Waals surface area (Å²) < 4.78 is 58.8. The van der Waals surface area contributed by atoms with E-state index < -0.39 is 28.6 Å². The maximum atomic E-state index is 14.4. The number of urea groups is 1.